The van der Waals surface area contributed by atoms with Crippen molar-refractivity contribution in [3.63, 3.8) is 0 Å². The summed E-state index contributed by atoms with van der Waals surface area (Å²) in [6.45, 7) is 6.80. The fourth-order valence-electron chi connectivity index (χ4n) is 4.62. The van der Waals surface area contributed by atoms with Crippen LogP contribution in [0.2, 0.25) is 0 Å². The predicted octanol–water partition coefficient (Wildman–Crippen LogP) is 5.20. The van der Waals surface area contributed by atoms with Crippen molar-refractivity contribution in [3.05, 3.63) is 70.7 Å². The number of pyridine rings is 1. The fourth-order valence-corrected chi connectivity index (χ4v) is 4.62. The number of rotatable bonds is 0. The molecule has 0 saturated carbocycles. The summed E-state index contributed by atoms with van der Waals surface area (Å²) in [4.78, 5) is 4.37. The first kappa shape index (κ1) is 13.1. The van der Waals surface area contributed by atoms with Gasteiger partial charge in [-0.25, -0.2) is 0 Å². The maximum absolute atomic E-state index is 6.36. The number of furan rings is 1. The molecule has 2 aliphatic carbocycles. The first-order valence-electron chi connectivity index (χ1n) is 8.23. The van der Waals surface area contributed by atoms with Crippen molar-refractivity contribution in [1.29, 1.82) is 0 Å². The molecule has 114 valence electrons. The molecule has 2 heteroatoms. The van der Waals surface area contributed by atoms with Gasteiger partial charge in [-0.05, 0) is 41.2 Å². The van der Waals surface area contributed by atoms with Gasteiger partial charge in [-0.1, -0.05) is 38.1 Å². The van der Waals surface area contributed by atoms with E-state index in [9.17, 15) is 0 Å². The zero-order valence-electron chi connectivity index (χ0n) is 13.6. The molecule has 23 heavy (non-hydrogen) atoms. The Labute approximate surface area is 135 Å². The molecule has 2 unspecified atom stereocenters. The van der Waals surface area contributed by atoms with E-state index in [-0.39, 0.29) is 5.41 Å². The molecule has 0 aliphatic heterocycles. The normalized spacial score (nSPS) is 23.6. The minimum atomic E-state index is 0.0798. The van der Waals surface area contributed by atoms with E-state index in [2.05, 4.69) is 62.2 Å². The highest BCUT2D eigenvalue weighted by atomic mass is 16.3. The molecule has 0 fully saturated rings. The van der Waals surface area contributed by atoms with E-state index in [0.29, 0.717) is 11.8 Å². The monoisotopic (exact) mass is 301 g/mol. The third-order valence-corrected chi connectivity index (χ3v) is 5.82. The minimum absolute atomic E-state index is 0.0798. The second kappa shape index (κ2) is 4.14. The Morgan fingerprint density at radius 3 is 2.91 bits per heavy atom. The van der Waals surface area contributed by atoms with Gasteiger partial charge in [0.15, 0.2) is 0 Å². The third kappa shape index (κ3) is 1.51. The minimum Gasteiger partial charge on any atom is -0.460 e. The maximum atomic E-state index is 6.36. The highest BCUT2D eigenvalue weighted by Crippen LogP contribution is 2.57. The van der Waals surface area contributed by atoms with Crippen LogP contribution in [0.25, 0.3) is 17.0 Å². The maximum Gasteiger partial charge on any atom is 0.135 e. The lowest BCUT2D eigenvalue weighted by atomic mass is 9.73. The summed E-state index contributed by atoms with van der Waals surface area (Å²) in [5.74, 6) is 1.85. The number of hydrogen-bond donors (Lipinski definition) is 0. The van der Waals surface area contributed by atoms with E-state index in [4.69, 9.17) is 4.42 Å². The second-order valence-corrected chi connectivity index (χ2v) is 7.38. The molecule has 5 rings (SSSR count). The van der Waals surface area contributed by atoms with Crippen molar-refractivity contribution in [2.45, 2.75) is 32.1 Å². The molecule has 0 amide bonds. The van der Waals surface area contributed by atoms with E-state index in [1.165, 1.54) is 27.6 Å². The van der Waals surface area contributed by atoms with Gasteiger partial charge in [0, 0.05) is 29.3 Å². The molecule has 1 aromatic carbocycles. The van der Waals surface area contributed by atoms with Crippen LogP contribution in [-0.4, -0.2) is 4.98 Å². The van der Waals surface area contributed by atoms with E-state index < -0.39 is 0 Å². The van der Waals surface area contributed by atoms with Gasteiger partial charge in [0.1, 0.15) is 11.3 Å². The van der Waals surface area contributed by atoms with Gasteiger partial charge in [-0.15, -0.1) is 0 Å². The van der Waals surface area contributed by atoms with Crippen molar-refractivity contribution in [2.75, 3.05) is 0 Å². The number of benzene rings is 1. The Kier molecular flexibility index (Phi) is 2.36. The van der Waals surface area contributed by atoms with E-state index in [1.54, 1.807) is 0 Å². The van der Waals surface area contributed by atoms with E-state index in [1.807, 2.05) is 12.4 Å². The van der Waals surface area contributed by atoms with Crippen LogP contribution in [0.3, 0.4) is 0 Å². The summed E-state index contributed by atoms with van der Waals surface area (Å²) in [6, 6.07) is 8.49. The van der Waals surface area contributed by atoms with Gasteiger partial charge in [0.2, 0.25) is 0 Å². The van der Waals surface area contributed by atoms with Gasteiger partial charge in [-0.3, -0.25) is 4.98 Å². The van der Waals surface area contributed by atoms with Crippen LogP contribution < -0.4 is 0 Å². The first-order chi connectivity index (χ1) is 11.1. The Hall–Kier alpha value is -2.35. The molecule has 2 atom stereocenters. The second-order valence-electron chi connectivity index (χ2n) is 7.38. The van der Waals surface area contributed by atoms with Gasteiger partial charge < -0.3 is 4.42 Å². The number of nitrogens with zero attached hydrogens (tertiary/aromatic N) is 1. The highest BCUT2D eigenvalue weighted by molar-refractivity contribution is 5.92. The summed E-state index contributed by atoms with van der Waals surface area (Å²) in [6.07, 6.45) is 8.60. The van der Waals surface area contributed by atoms with Crippen LogP contribution in [0.5, 0.6) is 0 Å². The van der Waals surface area contributed by atoms with Crippen LogP contribution in [0.1, 0.15) is 47.8 Å². The summed E-state index contributed by atoms with van der Waals surface area (Å²) in [5.41, 5.74) is 6.35. The van der Waals surface area contributed by atoms with E-state index in [0.717, 1.165) is 11.3 Å². The third-order valence-electron chi connectivity index (χ3n) is 5.82. The quantitative estimate of drug-likeness (QED) is 0.570. The molecule has 2 heterocycles. The van der Waals surface area contributed by atoms with Crippen molar-refractivity contribution in [2.24, 2.45) is 5.92 Å². The van der Waals surface area contributed by atoms with Crippen LogP contribution in [0.4, 0.5) is 0 Å². The Morgan fingerprint density at radius 2 is 2.04 bits per heavy atom. The number of hydrogen-bond acceptors (Lipinski definition) is 2. The SMILES string of the molecule is Cc1cccc2oc3c(c12)C=CC1C3c2ccncc2C1(C)C. The number of aromatic nitrogens is 1. The lowest BCUT2D eigenvalue weighted by Crippen LogP contribution is -2.26. The highest BCUT2D eigenvalue weighted by Gasteiger charge is 2.49. The Bertz CT molecular complexity index is 977. The topological polar surface area (TPSA) is 26.0 Å². The molecular formula is C21H19NO. The van der Waals surface area contributed by atoms with Crippen molar-refractivity contribution in [3.8, 4) is 0 Å². The number of fused-ring (bicyclic) bond motifs is 7. The average Bonchev–Trinajstić information content (AvgIpc) is 3.03. The van der Waals surface area contributed by atoms with Crippen LogP contribution in [-0.2, 0) is 5.41 Å². The molecule has 0 saturated heterocycles. The average molecular weight is 301 g/mol. The number of allylic oxidation sites excluding steroid dienone is 1. The molecule has 2 aromatic heterocycles. The summed E-state index contributed by atoms with van der Waals surface area (Å²) < 4.78 is 6.36. The molecule has 2 nitrogen and oxygen atoms in total. The zero-order chi connectivity index (χ0) is 15.8. The lowest BCUT2D eigenvalue weighted by Gasteiger charge is -2.30. The predicted molar refractivity (Wildman–Crippen MR) is 92.6 cm³/mol. The van der Waals surface area contributed by atoms with Crippen LogP contribution in [0, 0.1) is 12.8 Å². The molecule has 0 bridgehead atoms. The smallest absolute Gasteiger partial charge is 0.135 e. The molecule has 3 aromatic rings. The van der Waals surface area contributed by atoms with Crippen molar-refractivity contribution in [1.82, 2.24) is 4.98 Å². The summed E-state index contributed by atoms with van der Waals surface area (Å²) >= 11 is 0. The molecule has 2 aliphatic rings. The van der Waals surface area contributed by atoms with Crippen molar-refractivity contribution < 1.29 is 4.42 Å². The summed E-state index contributed by atoms with van der Waals surface area (Å²) in [7, 11) is 0. The molecular weight excluding hydrogens is 282 g/mol. The molecule has 0 radical (unpaired) electrons. The Morgan fingerprint density at radius 1 is 1.17 bits per heavy atom. The molecule has 0 N–H and O–H groups in total. The number of aryl methyl sites for hydroxylation is 1. The zero-order valence-corrected chi connectivity index (χ0v) is 13.6. The fraction of sp³-hybridized carbons (Fsp3) is 0.286. The summed E-state index contributed by atoms with van der Waals surface area (Å²) in [5, 5.41) is 1.26. The van der Waals surface area contributed by atoms with Gasteiger partial charge in [0.25, 0.3) is 0 Å². The van der Waals surface area contributed by atoms with Gasteiger partial charge in [-0.2, -0.15) is 0 Å². The Balaban J connectivity index is 1.85. The van der Waals surface area contributed by atoms with E-state index >= 15 is 0 Å². The van der Waals surface area contributed by atoms with Gasteiger partial charge >= 0.3 is 0 Å². The van der Waals surface area contributed by atoms with Crippen LogP contribution in [0.15, 0.2) is 47.2 Å². The van der Waals surface area contributed by atoms with Gasteiger partial charge in [0.05, 0.1) is 5.92 Å². The lowest BCUT2D eigenvalue weighted by molar-refractivity contribution is 0.361. The van der Waals surface area contributed by atoms with Crippen molar-refractivity contribution >= 4 is 17.0 Å². The van der Waals surface area contributed by atoms with Crippen LogP contribution >= 0.6 is 0 Å². The standard InChI is InChI=1S/C21H19NO/c1-12-5-4-6-17-18(12)14-7-8-15-19(20(14)23-17)13-9-10-22-11-16(13)21(15,2)3/h4-11,15,19H,1-3H3. The first-order valence-corrected chi connectivity index (χ1v) is 8.23. The largest absolute Gasteiger partial charge is 0.460 e. The molecule has 0 spiro atoms.